The van der Waals surface area contributed by atoms with Crippen LogP contribution in [0.15, 0.2) is 47.4 Å². The predicted octanol–water partition coefficient (Wildman–Crippen LogP) is 4.01. The van der Waals surface area contributed by atoms with Gasteiger partial charge in [-0.25, -0.2) is 0 Å². The number of carbonyl (C=O) groups excluding carboxylic acids is 1. The first-order chi connectivity index (χ1) is 13.4. The molecular formula is C22H28N2O3S. The molecule has 1 unspecified atom stereocenters. The van der Waals surface area contributed by atoms with Gasteiger partial charge in [0.2, 0.25) is 5.91 Å². The van der Waals surface area contributed by atoms with Crippen LogP contribution in [-0.4, -0.2) is 52.7 Å². The van der Waals surface area contributed by atoms with Gasteiger partial charge in [-0.1, -0.05) is 12.1 Å². The first-order valence-corrected chi connectivity index (χ1v) is 10.2. The molecule has 28 heavy (non-hydrogen) atoms. The number of nitrogens with zero attached hydrogens (tertiary/aromatic N) is 2. The molecule has 150 valence electrons. The maximum atomic E-state index is 13.7. The van der Waals surface area contributed by atoms with Crippen molar-refractivity contribution in [2.45, 2.75) is 22.5 Å². The third-order valence-corrected chi connectivity index (χ3v) is 6.65. The molecular weight excluding hydrogens is 372 g/mol. The number of amides is 1. The molecule has 2 aromatic rings. The molecule has 6 heteroatoms. The van der Waals surface area contributed by atoms with E-state index in [0.717, 1.165) is 34.9 Å². The normalized spacial score (nSPS) is 18.9. The zero-order chi connectivity index (χ0) is 20.3. The standard InChI is InChI=1S/C22H28N2O3S/c1-23(2)14-8-13-22(17-15-16(26-4)11-12-19(17)27-5)21(25)24(3)18-9-6-7-10-20(18)28-22/h6-7,9-12,15H,8,13-14H2,1-5H3. The Bertz CT molecular complexity index is 855. The molecule has 0 radical (unpaired) electrons. The maximum Gasteiger partial charge on any atom is 0.248 e. The average molecular weight is 401 g/mol. The van der Waals surface area contributed by atoms with Gasteiger partial charge >= 0.3 is 0 Å². The summed E-state index contributed by atoms with van der Waals surface area (Å²) < 4.78 is 10.4. The zero-order valence-electron chi connectivity index (χ0n) is 17.2. The molecule has 1 aliphatic rings. The van der Waals surface area contributed by atoms with E-state index in [1.807, 2.05) is 43.4 Å². The fourth-order valence-electron chi connectivity index (χ4n) is 3.67. The van der Waals surface area contributed by atoms with Crippen LogP contribution in [0.4, 0.5) is 5.69 Å². The van der Waals surface area contributed by atoms with Gasteiger partial charge in [0, 0.05) is 17.5 Å². The van der Waals surface area contributed by atoms with Crippen LogP contribution in [0.1, 0.15) is 18.4 Å². The number of fused-ring (bicyclic) bond motifs is 1. The van der Waals surface area contributed by atoms with Crippen LogP contribution in [0.2, 0.25) is 0 Å². The minimum atomic E-state index is -0.765. The van der Waals surface area contributed by atoms with Crippen LogP contribution in [-0.2, 0) is 9.54 Å². The van der Waals surface area contributed by atoms with Gasteiger partial charge in [0.15, 0.2) is 0 Å². The summed E-state index contributed by atoms with van der Waals surface area (Å²) in [6.45, 7) is 0.910. The molecule has 0 spiro atoms. The fourth-order valence-corrected chi connectivity index (χ4v) is 5.24. The molecule has 3 rings (SSSR count). The van der Waals surface area contributed by atoms with E-state index in [4.69, 9.17) is 9.47 Å². The van der Waals surface area contributed by atoms with Gasteiger partial charge in [-0.3, -0.25) is 4.79 Å². The van der Waals surface area contributed by atoms with E-state index in [-0.39, 0.29) is 5.91 Å². The second kappa shape index (κ2) is 8.45. The summed E-state index contributed by atoms with van der Waals surface area (Å²) in [6.07, 6.45) is 1.60. The monoisotopic (exact) mass is 400 g/mol. The van der Waals surface area contributed by atoms with Gasteiger partial charge in [-0.05, 0) is 63.8 Å². The lowest BCUT2D eigenvalue weighted by atomic mass is 9.89. The van der Waals surface area contributed by atoms with Crippen molar-refractivity contribution < 1.29 is 14.3 Å². The van der Waals surface area contributed by atoms with Gasteiger partial charge in [0.1, 0.15) is 16.2 Å². The number of methoxy groups -OCH3 is 2. The number of ether oxygens (including phenoxy) is 2. The van der Waals surface area contributed by atoms with E-state index in [9.17, 15) is 4.79 Å². The van der Waals surface area contributed by atoms with Crippen LogP contribution < -0.4 is 14.4 Å². The van der Waals surface area contributed by atoms with Crippen LogP contribution in [0, 0.1) is 0 Å². The summed E-state index contributed by atoms with van der Waals surface area (Å²) >= 11 is 1.62. The first-order valence-electron chi connectivity index (χ1n) is 9.36. The Labute approximate surface area is 171 Å². The molecule has 5 nitrogen and oxygen atoms in total. The van der Waals surface area contributed by atoms with Crippen LogP contribution >= 0.6 is 11.8 Å². The molecule has 0 N–H and O–H groups in total. The van der Waals surface area contributed by atoms with Gasteiger partial charge < -0.3 is 19.3 Å². The molecule has 0 aromatic heterocycles. The minimum absolute atomic E-state index is 0.0708. The second-order valence-electron chi connectivity index (χ2n) is 7.23. The number of para-hydroxylation sites is 1. The summed E-state index contributed by atoms with van der Waals surface area (Å²) in [4.78, 5) is 18.8. The highest BCUT2D eigenvalue weighted by atomic mass is 32.2. The van der Waals surface area contributed by atoms with Gasteiger partial charge in [0.05, 0.1) is 19.9 Å². The van der Waals surface area contributed by atoms with E-state index in [2.05, 4.69) is 25.1 Å². The van der Waals surface area contributed by atoms with Crippen molar-refractivity contribution in [3.05, 3.63) is 48.0 Å². The predicted molar refractivity (Wildman–Crippen MR) is 115 cm³/mol. The van der Waals surface area contributed by atoms with Crippen molar-refractivity contribution in [1.82, 2.24) is 4.90 Å². The lowest BCUT2D eigenvalue weighted by Gasteiger charge is -2.41. The molecule has 0 fully saturated rings. The number of thioether (sulfide) groups is 1. The van der Waals surface area contributed by atoms with Crippen LogP contribution in [0.5, 0.6) is 11.5 Å². The van der Waals surface area contributed by atoms with E-state index in [0.29, 0.717) is 12.2 Å². The highest BCUT2D eigenvalue weighted by molar-refractivity contribution is 8.01. The Morgan fingerprint density at radius 1 is 1.11 bits per heavy atom. The summed E-state index contributed by atoms with van der Waals surface area (Å²) in [6, 6.07) is 13.8. The Hall–Kier alpha value is -2.18. The molecule has 1 atom stereocenters. The molecule has 1 heterocycles. The van der Waals surface area contributed by atoms with E-state index >= 15 is 0 Å². The Morgan fingerprint density at radius 3 is 2.54 bits per heavy atom. The highest BCUT2D eigenvalue weighted by Crippen LogP contribution is 2.55. The third kappa shape index (κ3) is 3.71. The topological polar surface area (TPSA) is 42.0 Å². The quantitative estimate of drug-likeness (QED) is 0.702. The van der Waals surface area contributed by atoms with E-state index in [1.54, 1.807) is 30.9 Å². The van der Waals surface area contributed by atoms with Gasteiger partial charge in [-0.2, -0.15) is 0 Å². The minimum Gasteiger partial charge on any atom is -0.497 e. The number of benzene rings is 2. The zero-order valence-corrected chi connectivity index (χ0v) is 18.0. The van der Waals surface area contributed by atoms with Gasteiger partial charge in [-0.15, -0.1) is 11.8 Å². The molecule has 0 saturated carbocycles. The number of hydrogen-bond acceptors (Lipinski definition) is 5. The van der Waals surface area contributed by atoms with Crippen LogP contribution in [0.3, 0.4) is 0 Å². The number of rotatable bonds is 7. The fraction of sp³-hybridized carbons (Fsp3) is 0.409. The lowest BCUT2D eigenvalue weighted by molar-refractivity contribution is -0.121. The first kappa shape index (κ1) is 20.6. The average Bonchev–Trinajstić information content (AvgIpc) is 2.70. The Kier molecular flexibility index (Phi) is 6.20. The molecule has 1 aliphatic heterocycles. The molecule has 0 bridgehead atoms. The number of likely N-dealkylation sites (N-methyl/N-ethyl adjacent to an activating group) is 1. The number of carbonyl (C=O) groups is 1. The highest BCUT2D eigenvalue weighted by Gasteiger charge is 2.48. The van der Waals surface area contributed by atoms with Crippen LogP contribution in [0.25, 0.3) is 0 Å². The van der Waals surface area contributed by atoms with Gasteiger partial charge in [0.25, 0.3) is 0 Å². The third-order valence-electron chi connectivity index (χ3n) is 5.14. The van der Waals surface area contributed by atoms with Crippen molar-refractivity contribution in [2.75, 3.05) is 46.8 Å². The number of anilines is 1. The molecule has 2 aromatic carbocycles. The van der Waals surface area contributed by atoms with E-state index < -0.39 is 4.75 Å². The van der Waals surface area contributed by atoms with E-state index in [1.165, 1.54) is 0 Å². The summed E-state index contributed by atoms with van der Waals surface area (Å²) in [5.41, 5.74) is 1.81. The maximum absolute atomic E-state index is 13.7. The Morgan fingerprint density at radius 2 is 1.86 bits per heavy atom. The smallest absolute Gasteiger partial charge is 0.248 e. The molecule has 1 amide bonds. The lowest BCUT2D eigenvalue weighted by Crippen LogP contribution is -2.46. The van der Waals surface area contributed by atoms with Crippen molar-refractivity contribution in [1.29, 1.82) is 0 Å². The molecule has 0 saturated heterocycles. The second-order valence-corrected chi connectivity index (χ2v) is 8.57. The molecule has 0 aliphatic carbocycles. The van der Waals surface area contributed by atoms with Crippen molar-refractivity contribution in [3.63, 3.8) is 0 Å². The van der Waals surface area contributed by atoms with Crippen molar-refractivity contribution >= 4 is 23.4 Å². The summed E-state index contributed by atoms with van der Waals surface area (Å²) in [7, 11) is 9.25. The summed E-state index contributed by atoms with van der Waals surface area (Å²) in [5.74, 6) is 1.50. The SMILES string of the molecule is COc1ccc(OC)c(C2(CCCN(C)C)Sc3ccccc3N(C)C2=O)c1. The van der Waals surface area contributed by atoms with Crippen molar-refractivity contribution in [2.24, 2.45) is 0 Å². The number of hydrogen-bond donors (Lipinski definition) is 0. The summed E-state index contributed by atoms with van der Waals surface area (Å²) in [5, 5.41) is 0. The van der Waals surface area contributed by atoms with Crippen molar-refractivity contribution in [3.8, 4) is 11.5 Å². The Balaban J connectivity index is 2.16. The largest absolute Gasteiger partial charge is 0.497 e.